The maximum atomic E-state index is 2.44. The molecule has 0 saturated heterocycles. The lowest BCUT2D eigenvalue weighted by atomic mass is 9.79. The van der Waals surface area contributed by atoms with Crippen molar-refractivity contribution >= 4 is 0 Å². The first-order valence-electron chi connectivity index (χ1n) is 5.60. The zero-order valence-electron chi connectivity index (χ0n) is 9.03. The molecule has 0 aromatic rings. The normalized spacial score (nSPS) is 31.8. The van der Waals surface area contributed by atoms with Crippen LogP contribution in [-0.2, 0) is 0 Å². The Morgan fingerprint density at radius 2 is 1.67 bits per heavy atom. The molecule has 1 saturated carbocycles. The van der Waals surface area contributed by atoms with Gasteiger partial charge in [0.05, 0.1) is 0 Å². The molecule has 1 unspecified atom stereocenters. The smallest absolute Gasteiger partial charge is 0.0352 e. The van der Waals surface area contributed by atoms with Crippen LogP contribution in [0.4, 0.5) is 0 Å². The largest absolute Gasteiger partial charge is 0.0625 e. The lowest BCUT2D eigenvalue weighted by Crippen LogP contribution is -2.14. The molecule has 1 aliphatic rings. The molecule has 0 aromatic carbocycles. The van der Waals surface area contributed by atoms with Gasteiger partial charge in [-0.15, -0.1) is 0 Å². The molecule has 0 heteroatoms. The van der Waals surface area contributed by atoms with E-state index in [9.17, 15) is 0 Å². The molecule has 12 heavy (non-hydrogen) atoms. The van der Waals surface area contributed by atoms with Crippen molar-refractivity contribution in [1.29, 1.82) is 0 Å². The van der Waals surface area contributed by atoms with Crippen molar-refractivity contribution < 1.29 is 0 Å². The standard InChI is InChI=1S/C12H24/c1-11-8-6-4-5-7-9-12(2,3)10-11/h11H,4-10H2,1-3H3. The van der Waals surface area contributed by atoms with Crippen LogP contribution in [0.15, 0.2) is 0 Å². The van der Waals surface area contributed by atoms with Gasteiger partial charge in [0.25, 0.3) is 0 Å². The second kappa shape index (κ2) is 4.30. The fourth-order valence-electron chi connectivity index (χ4n) is 2.60. The molecular weight excluding hydrogens is 144 g/mol. The van der Waals surface area contributed by atoms with E-state index in [1.165, 1.54) is 44.9 Å². The summed E-state index contributed by atoms with van der Waals surface area (Å²) < 4.78 is 0. The van der Waals surface area contributed by atoms with Gasteiger partial charge in [0.2, 0.25) is 0 Å². The zero-order chi connectivity index (χ0) is 9.03. The van der Waals surface area contributed by atoms with Crippen molar-refractivity contribution in [3.05, 3.63) is 0 Å². The molecule has 0 N–H and O–H groups in total. The predicted molar refractivity (Wildman–Crippen MR) is 55.3 cm³/mol. The van der Waals surface area contributed by atoms with E-state index in [1.807, 2.05) is 0 Å². The van der Waals surface area contributed by atoms with Crippen molar-refractivity contribution in [2.75, 3.05) is 0 Å². The third-order valence-electron chi connectivity index (χ3n) is 3.20. The number of rotatable bonds is 0. The van der Waals surface area contributed by atoms with E-state index < -0.39 is 0 Å². The molecule has 1 fully saturated rings. The zero-order valence-corrected chi connectivity index (χ0v) is 9.03. The van der Waals surface area contributed by atoms with Crippen LogP contribution in [-0.4, -0.2) is 0 Å². The van der Waals surface area contributed by atoms with Gasteiger partial charge in [0.1, 0.15) is 0 Å². The molecule has 0 radical (unpaired) electrons. The van der Waals surface area contributed by atoms with Gasteiger partial charge in [-0.2, -0.15) is 0 Å². The van der Waals surface area contributed by atoms with Crippen molar-refractivity contribution in [3.8, 4) is 0 Å². The van der Waals surface area contributed by atoms with E-state index in [0.717, 1.165) is 5.92 Å². The molecule has 1 aliphatic carbocycles. The maximum Gasteiger partial charge on any atom is -0.0352 e. The molecule has 0 amide bonds. The highest BCUT2D eigenvalue weighted by molar-refractivity contribution is 4.73. The van der Waals surface area contributed by atoms with E-state index in [2.05, 4.69) is 20.8 Å². The molecule has 0 bridgehead atoms. The number of hydrogen-bond acceptors (Lipinski definition) is 0. The summed E-state index contributed by atoms with van der Waals surface area (Å²) in [6.07, 6.45) is 10.2. The first kappa shape index (κ1) is 10.1. The van der Waals surface area contributed by atoms with Crippen molar-refractivity contribution in [1.82, 2.24) is 0 Å². The molecule has 0 heterocycles. The molecule has 0 spiro atoms. The van der Waals surface area contributed by atoms with E-state index in [1.54, 1.807) is 0 Å². The topological polar surface area (TPSA) is 0 Å². The van der Waals surface area contributed by atoms with Crippen molar-refractivity contribution in [3.63, 3.8) is 0 Å². The predicted octanol–water partition coefficient (Wildman–Crippen LogP) is 4.39. The number of hydrogen-bond donors (Lipinski definition) is 0. The van der Waals surface area contributed by atoms with Gasteiger partial charge in [-0.1, -0.05) is 52.9 Å². The minimum atomic E-state index is 0.615. The van der Waals surface area contributed by atoms with Gasteiger partial charge in [-0.05, 0) is 24.2 Å². The third kappa shape index (κ3) is 3.60. The van der Waals surface area contributed by atoms with Crippen molar-refractivity contribution in [2.24, 2.45) is 11.3 Å². The average molecular weight is 168 g/mol. The summed E-state index contributed by atoms with van der Waals surface area (Å²) in [4.78, 5) is 0. The molecule has 0 nitrogen and oxygen atoms in total. The highest BCUT2D eigenvalue weighted by Gasteiger charge is 2.21. The monoisotopic (exact) mass is 168 g/mol. The van der Waals surface area contributed by atoms with Crippen LogP contribution in [0.5, 0.6) is 0 Å². The summed E-state index contributed by atoms with van der Waals surface area (Å²) in [7, 11) is 0. The minimum absolute atomic E-state index is 0.615. The molecule has 1 atom stereocenters. The van der Waals surface area contributed by atoms with E-state index in [4.69, 9.17) is 0 Å². The van der Waals surface area contributed by atoms with Crippen LogP contribution in [0.2, 0.25) is 0 Å². The highest BCUT2D eigenvalue weighted by Crippen LogP contribution is 2.34. The van der Waals surface area contributed by atoms with Gasteiger partial charge in [-0.25, -0.2) is 0 Å². The minimum Gasteiger partial charge on any atom is -0.0625 e. The van der Waals surface area contributed by atoms with E-state index in [0.29, 0.717) is 5.41 Å². The Labute approximate surface area is 77.7 Å². The first-order chi connectivity index (χ1) is 5.60. The average Bonchev–Trinajstić information content (AvgIpc) is 1.99. The van der Waals surface area contributed by atoms with Gasteiger partial charge >= 0.3 is 0 Å². The molecule has 72 valence electrons. The third-order valence-corrected chi connectivity index (χ3v) is 3.20. The Bertz CT molecular complexity index is 124. The summed E-state index contributed by atoms with van der Waals surface area (Å²) in [6, 6.07) is 0. The molecular formula is C12H24. The molecule has 0 aliphatic heterocycles. The van der Waals surface area contributed by atoms with Crippen LogP contribution < -0.4 is 0 Å². The second-order valence-electron chi connectivity index (χ2n) is 5.43. The van der Waals surface area contributed by atoms with Crippen LogP contribution >= 0.6 is 0 Å². The summed E-state index contributed by atoms with van der Waals surface area (Å²) in [5.74, 6) is 0.957. The maximum absolute atomic E-state index is 2.44. The molecule has 1 rings (SSSR count). The second-order valence-corrected chi connectivity index (χ2v) is 5.43. The van der Waals surface area contributed by atoms with Crippen LogP contribution in [0, 0.1) is 11.3 Å². The summed E-state index contributed by atoms with van der Waals surface area (Å²) in [6.45, 7) is 7.30. The Morgan fingerprint density at radius 1 is 1.00 bits per heavy atom. The lowest BCUT2D eigenvalue weighted by Gasteiger charge is -2.27. The van der Waals surface area contributed by atoms with Gasteiger partial charge in [0.15, 0.2) is 0 Å². The van der Waals surface area contributed by atoms with Gasteiger partial charge in [-0.3, -0.25) is 0 Å². The van der Waals surface area contributed by atoms with E-state index >= 15 is 0 Å². The fourth-order valence-corrected chi connectivity index (χ4v) is 2.60. The SMILES string of the molecule is CC1CCCCCCC(C)(C)C1. The van der Waals surface area contributed by atoms with Crippen LogP contribution in [0.1, 0.15) is 65.7 Å². The van der Waals surface area contributed by atoms with Crippen LogP contribution in [0.25, 0.3) is 0 Å². The van der Waals surface area contributed by atoms with Crippen LogP contribution in [0.3, 0.4) is 0 Å². The lowest BCUT2D eigenvalue weighted by molar-refractivity contribution is 0.251. The quantitative estimate of drug-likeness (QED) is 0.503. The Kier molecular flexibility index (Phi) is 3.61. The van der Waals surface area contributed by atoms with Crippen molar-refractivity contribution in [2.45, 2.75) is 65.7 Å². The Balaban J connectivity index is 2.44. The Hall–Kier alpha value is 0. The van der Waals surface area contributed by atoms with Gasteiger partial charge < -0.3 is 0 Å². The first-order valence-corrected chi connectivity index (χ1v) is 5.60. The summed E-state index contributed by atoms with van der Waals surface area (Å²) >= 11 is 0. The summed E-state index contributed by atoms with van der Waals surface area (Å²) in [5.41, 5.74) is 0.615. The summed E-state index contributed by atoms with van der Waals surface area (Å²) in [5, 5.41) is 0. The molecule has 0 aromatic heterocycles. The Morgan fingerprint density at radius 3 is 2.42 bits per heavy atom. The van der Waals surface area contributed by atoms with E-state index in [-0.39, 0.29) is 0 Å². The van der Waals surface area contributed by atoms with Gasteiger partial charge in [0, 0.05) is 0 Å². The fraction of sp³-hybridized carbons (Fsp3) is 1.00. The highest BCUT2D eigenvalue weighted by atomic mass is 14.3.